The van der Waals surface area contributed by atoms with Crippen molar-refractivity contribution in [1.29, 1.82) is 0 Å². The molecule has 114 valence electrons. The molecule has 1 N–H and O–H groups in total. The fourth-order valence-electron chi connectivity index (χ4n) is 2.47. The number of benzene rings is 2. The summed E-state index contributed by atoms with van der Waals surface area (Å²) < 4.78 is 5.17. The van der Waals surface area contributed by atoms with Crippen LogP contribution in [0, 0.1) is 0 Å². The number of methoxy groups -OCH3 is 1. The van der Waals surface area contributed by atoms with Crippen LogP contribution in [0.25, 0.3) is 0 Å². The van der Waals surface area contributed by atoms with Gasteiger partial charge in [-0.3, -0.25) is 0 Å². The zero-order valence-corrected chi connectivity index (χ0v) is 12.7. The number of ether oxygens (including phenoxy) is 1. The summed E-state index contributed by atoms with van der Waals surface area (Å²) in [4.78, 5) is 5.51. The number of nitrogens with zero attached hydrogens (tertiary/aromatic N) is 1. The van der Waals surface area contributed by atoms with Crippen molar-refractivity contribution in [3.8, 4) is 5.75 Å². The summed E-state index contributed by atoms with van der Waals surface area (Å²) in [6.07, 6.45) is 0.925. The first-order chi connectivity index (χ1) is 10.8. The first-order valence-electron chi connectivity index (χ1n) is 7.47. The van der Waals surface area contributed by atoms with Crippen molar-refractivity contribution in [2.75, 3.05) is 13.7 Å². The van der Waals surface area contributed by atoms with Crippen LogP contribution in [0.4, 0.5) is 0 Å². The summed E-state index contributed by atoms with van der Waals surface area (Å²) in [6.45, 7) is 1.64. The number of hydrogen-bond acceptors (Lipinski definition) is 4. The van der Waals surface area contributed by atoms with Gasteiger partial charge >= 0.3 is 0 Å². The minimum Gasteiger partial charge on any atom is -0.497 e. The highest BCUT2D eigenvalue weighted by Crippen LogP contribution is 2.19. The molecule has 0 aliphatic carbocycles. The van der Waals surface area contributed by atoms with Gasteiger partial charge in [-0.25, -0.2) is 0 Å². The van der Waals surface area contributed by atoms with E-state index in [0.717, 1.165) is 36.5 Å². The molecule has 1 heterocycles. The predicted octanol–water partition coefficient (Wildman–Crippen LogP) is 2.98. The molecule has 1 aliphatic heterocycles. The van der Waals surface area contributed by atoms with E-state index in [-0.39, 0.29) is 6.10 Å². The highest BCUT2D eigenvalue weighted by atomic mass is 16.6. The maximum atomic E-state index is 5.51. The lowest BCUT2D eigenvalue weighted by Gasteiger charge is -2.09. The van der Waals surface area contributed by atoms with E-state index in [1.807, 2.05) is 42.5 Å². The van der Waals surface area contributed by atoms with Crippen molar-refractivity contribution in [2.24, 2.45) is 5.16 Å². The van der Waals surface area contributed by atoms with Gasteiger partial charge in [-0.1, -0.05) is 35.5 Å². The Morgan fingerprint density at radius 2 is 1.91 bits per heavy atom. The maximum absolute atomic E-state index is 5.51. The van der Waals surface area contributed by atoms with Crippen LogP contribution in [-0.2, 0) is 11.4 Å². The second kappa shape index (κ2) is 7.09. The maximum Gasteiger partial charge on any atom is 0.145 e. The Hall–Kier alpha value is -2.33. The number of oxime groups is 1. The van der Waals surface area contributed by atoms with E-state index < -0.39 is 0 Å². The van der Waals surface area contributed by atoms with Crippen molar-refractivity contribution in [3.63, 3.8) is 0 Å². The molecule has 0 saturated carbocycles. The van der Waals surface area contributed by atoms with Gasteiger partial charge in [-0.05, 0) is 35.4 Å². The molecule has 0 amide bonds. The van der Waals surface area contributed by atoms with E-state index in [1.54, 1.807) is 7.11 Å². The molecule has 0 bridgehead atoms. The summed E-state index contributed by atoms with van der Waals surface area (Å²) in [5.41, 5.74) is 3.36. The molecule has 2 aromatic rings. The van der Waals surface area contributed by atoms with Crippen LogP contribution in [0.3, 0.4) is 0 Å². The Balaban J connectivity index is 1.47. The summed E-state index contributed by atoms with van der Waals surface area (Å²) >= 11 is 0. The van der Waals surface area contributed by atoms with E-state index in [1.165, 1.54) is 5.56 Å². The number of hydrogen-bond donors (Lipinski definition) is 1. The van der Waals surface area contributed by atoms with Crippen LogP contribution < -0.4 is 10.1 Å². The molecule has 1 aliphatic rings. The van der Waals surface area contributed by atoms with E-state index in [0.29, 0.717) is 0 Å². The van der Waals surface area contributed by atoms with Crippen LogP contribution in [0.5, 0.6) is 5.75 Å². The second-order valence-corrected chi connectivity index (χ2v) is 5.31. The zero-order valence-electron chi connectivity index (χ0n) is 12.7. The molecule has 0 unspecified atom stereocenters. The topological polar surface area (TPSA) is 42.9 Å². The standard InChI is InChI=1S/C18H20N2O2/c1-21-16-9-7-15(8-10-16)18-11-17(22-20-18)13-19-12-14-5-3-2-4-6-14/h2-10,17,19H,11-13H2,1H3/t17-/m0/s1. The fraction of sp³-hybridized carbons (Fsp3) is 0.278. The van der Waals surface area contributed by atoms with Gasteiger partial charge in [0.15, 0.2) is 0 Å². The fourth-order valence-corrected chi connectivity index (χ4v) is 2.47. The van der Waals surface area contributed by atoms with Crippen molar-refractivity contribution < 1.29 is 9.57 Å². The molecule has 3 rings (SSSR count). The molecule has 2 aromatic carbocycles. The van der Waals surface area contributed by atoms with E-state index >= 15 is 0 Å². The van der Waals surface area contributed by atoms with Gasteiger partial charge in [0, 0.05) is 19.5 Å². The molecule has 0 fully saturated rings. The van der Waals surface area contributed by atoms with Gasteiger partial charge in [0.2, 0.25) is 0 Å². The molecule has 0 spiro atoms. The van der Waals surface area contributed by atoms with Crippen LogP contribution in [0.15, 0.2) is 59.8 Å². The summed E-state index contributed by atoms with van der Waals surface area (Å²) in [5.74, 6) is 0.851. The lowest BCUT2D eigenvalue weighted by atomic mass is 10.0. The average molecular weight is 296 g/mol. The smallest absolute Gasteiger partial charge is 0.145 e. The molecule has 4 heteroatoms. The van der Waals surface area contributed by atoms with Gasteiger partial charge < -0.3 is 14.9 Å². The molecule has 22 heavy (non-hydrogen) atoms. The SMILES string of the molecule is COc1ccc(C2=NO[C@H](CNCc3ccccc3)C2)cc1. The van der Waals surface area contributed by atoms with Crippen LogP contribution in [0.1, 0.15) is 17.5 Å². The van der Waals surface area contributed by atoms with Crippen molar-refractivity contribution >= 4 is 5.71 Å². The van der Waals surface area contributed by atoms with Gasteiger partial charge in [0.05, 0.1) is 12.8 Å². The summed E-state index contributed by atoms with van der Waals surface area (Å²) in [7, 11) is 1.67. The van der Waals surface area contributed by atoms with Crippen molar-refractivity contribution in [1.82, 2.24) is 5.32 Å². The Bertz CT molecular complexity index is 623. The Kier molecular flexibility index (Phi) is 4.71. The molecular formula is C18H20N2O2. The van der Waals surface area contributed by atoms with Gasteiger partial charge in [0.25, 0.3) is 0 Å². The summed E-state index contributed by atoms with van der Waals surface area (Å²) in [5, 5.41) is 7.62. The molecule has 0 radical (unpaired) electrons. The highest BCUT2D eigenvalue weighted by molar-refractivity contribution is 6.01. The predicted molar refractivity (Wildman–Crippen MR) is 87.2 cm³/mol. The van der Waals surface area contributed by atoms with Crippen LogP contribution >= 0.6 is 0 Å². The second-order valence-electron chi connectivity index (χ2n) is 5.31. The first kappa shape index (κ1) is 14.6. The molecule has 0 aromatic heterocycles. The highest BCUT2D eigenvalue weighted by Gasteiger charge is 2.21. The minimum absolute atomic E-state index is 0.0980. The van der Waals surface area contributed by atoms with E-state index in [4.69, 9.17) is 9.57 Å². The third-order valence-corrected chi connectivity index (χ3v) is 3.70. The monoisotopic (exact) mass is 296 g/mol. The Morgan fingerprint density at radius 1 is 1.14 bits per heavy atom. The minimum atomic E-state index is 0.0980. The summed E-state index contributed by atoms with van der Waals surface area (Å²) in [6, 6.07) is 18.3. The number of rotatable bonds is 6. The zero-order chi connectivity index (χ0) is 15.2. The molecule has 4 nitrogen and oxygen atoms in total. The van der Waals surface area contributed by atoms with Gasteiger partial charge in [-0.15, -0.1) is 0 Å². The molecular weight excluding hydrogens is 276 g/mol. The van der Waals surface area contributed by atoms with Crippen molar-refractivity contribution in [3.05, 3.63) is 65.7 Å². The van der Waals surface area contributed by atoms with Crippen LogP contribution in [-0.4, -0.2) is 25.5 Å². The lowest BCUT2D eigenvalue weighted by molar-refractivity contribution is 0.0848. The average Bonchev–Trinajstić information content (AvgIpc) is 3.05. The van der Waals surface area contributed by atoms with Crippen LogP contribution in [0.2, 0.25) is 0 Å². The normalized spacial score (nSPS) is 17.0. The van der Waals surface area contributed by atoms with Gasteiger partial charge in [-0.2, -0.15) is 0 Å². The van der Waals surface area contributed by atoms with E-state index in [2.05, 4.69) is 22.6 Å². The largest absolute Gasteiger partial charge is 0.497 e. The Labute approximate surface area is 130 Å². The quantitative estimate of drug-likeness (QED) is 0.891. The first-order valence-corrected chi connectivity index (χ1v) is 7.47. The Morgan fingerprint density at radius 3 is 2.64 bits per heavy atom. The molecule has 0 saturated heterocycles. The third-order valence-electron chi connectivity index (χ3n) is 3.70. The number of nitrogens with one attached hydrogen (secondary N) is 1. The third kappa shape index (κ3) is 3.65. The van der Waals surface area contributed by atoms with Gasteiger partial charge in [0.1, 0.15) is 11.9 Å². The van der Waals surface area contributed by atoms with Crippen molar-refractivity contribution in [2.45, 2.75) is 19.1 Å². The molecule has 1 atom stereocenters. The van der Waals surface area contributed by atoms with E-state index in [9.17, 15) is 0 Å². The lowest BCUT2D eigenvalue weighted by Crippen LogP contribution is -2.26.